The lowest BCUT2D eigenvalue weighted by molar-refractivity contribution is 0.151. The molecule has 0 heterocycles. The summed E-state index contributed by atoms with van der Waals surface area (Å²) in [7, 11) is 0. The quantitative estimate of drug-likeness (QED) is 0.845. The standard InChI is InChI=1S/C20H24O/c1-3-14-10-11-17(12-15(14)4-2)20(21)19-13-18(19)16-8-6-5-7-9-16/h5-12,18-21H,3-4,13H2,1-2H3. The van der Waals surface area contributed by atoms with Crippen molar-refractivity contribution in [2.75, 3.05) is 0 Å². The van der Waals surface area contributed by atoms with Crippen LogP contribution in [0.1, 0.15) is 54.5 Å². The second-order valence-corrected chi connectivity index (χ2v) is 6.10. The van der Waals surface area contributed by atoms with Crippen LogP contribution in [0.2, 0.25) is 0 Å². The lowest BCUT2D eigenvalue weighted by atomic mass is 9.95. The highest BCUT2D eigenvalue weighted by Gasteiger charge is 2.43. The van der Waals surface area contributed by atoms with E-state index in [1.807, 2.05) is 6.07 Å². The molecule has 0 radical (unpaired) electrons. The van der Waals surface area contributed by atoms with Gasteiger partial charge in [0.2, 0.25) is 0 Å². The van der Waals surface area contributed by atoms with Crippen LogP contribution in [0.3, 0.4) is 0 Å². The van der Waals surface area contributed by atoms with Gasteiger partial charge in [0.15, 0.2) is 0 Å². The average Bonchev–Trinajstić information content (AvgIpc) is 3.35. The lowest BCUT2D eigenvalue weighted by Crippen LogP contribution is -2.03. The Hall–Kier alpha value is -1.60. The summed E-state index contributed by atoms with van der Waals surface area (Å²) in [4.78, 5) is 0. The number of rotatable bonds is 5. The molecule has 0 spiro atoms. The second kappa shape index (κ2) is 6.03. The van der Waals surface area contributed by atoms with Gasteiger partial charge in [0.25, 0.3) is 0 Å². The Kier molecular flexibility index (Phi) is 4.12. The van der Waals surface area contributed by atoms with Crippen molar-refractivity contribution in [1.82, 2.24) is 0 Å². The number of hydrogen-bond donors (Lipinski definition) is 1. The monoisotopic (exact) mass is 280 g/mol. The minimum atomic E-state index is -0.327. The Morgan fingerprint density at radius 2 is 1.71 bits per heavy atom. The lowest BCUT2D eigenvalue weighted by Gasteiger charge is -2.14. The highest BCUT2D eigenvalue weighted by Crippen LogP contribution is 2.54. The van der Waals surface area contributed by atoms with Gasteiger partial charge in [0, 0.05) is 0 Å². The topological polar surface area (TPSA) is 20.2 Å². The molecule has 1 nitrogen and oxygen atoms in total. The molecule has 1 aliphatic carbocycles. The molecular weight excluding hydrogens is 256 g/mol. The predicted molar refractivity (Wildman–Crippen MR) is 87.4 cm³/mol. The molecule has 2 aromatic carbocycles. The Morgan fingerprint density at radius 1 is 1.00 bits per heavy atom. The van der Waals surface area contributed by atoms with Gasteiger partial charge >= 0.3 is 0 Å². The van der Waals surface area contributed by atoms with E-state index in [1.165, 1.54) is 16.7 Å². The molecule has 2 aromatic rings. The van der Waals surface area contributed by atoms with Gasteiger partial charge in [-0.15, -0.1) is 0 Å². The normalized spacial score (nSPS) is 22.0. The summed E-state index contributed by atoms with van der Waals surface area (Å²) in [6, 6.07) is 17.1. The van der Waals surface area contributed by atoms with Crippen LogP contribution in [0.25, 0.3) is 0 Å². The zero-order valence-electron chi connectivity index (χ0n) is 12.9. The predicted octanol–water partition coefficient (Wildman–Crippen LogP) is 4.65. The van der Waals surface area contributed by atoms with Crippen LogP contribution in [-0.4, -0.2) is 5.11 Å². The van der Waals surface area contributed by atoms with Gasteiger partial charge in [-0.05, 0) is 53.4 Å². The molecule has 1 heteroatoms. The Morgan fingerprint density at radius 3 is 2.38 bits per heavy atom. The Balaban J connectivity index is 1.76. The van der Waals surface area contributed by atoms with E-state index in [0.29, 0.717) is 11.8 Å². The third kappa shape index (κ3) is 2.89. The highest BCUT2D eigenvalue weighted by molar-refractivity contribution is 5.35. The van der Waals surface area contributed by atoms with Gasteiger partial charge in [-0.25, -0.2) is 0 Å². The van der Waals surface area contributed by atoms with E-state index in [0.717, 1.165) is 24.8 Å². The number of hydrogen-bond acceptors (Lipinski definition) is 1. The number of benzene rings is 2. The fraction of sp³-hybridized carbons (Fsp3) is 0.400. The van der Waals surface area contributed by atoms with Crippen molar-refractivity contribution in [3.05, 3.63) is 70.8 Å². The molecule has 21 heavy (non-hydrogen) atoms. The molecule has 110 valence electrons. The fourth-order valence-electron chi connectivity index (χ4n) is 3.40. The molecule has 1 fully saturated rings. The molecule has 1 N–H and O–H groups in total. The van der Waals surface area contributed by atoms with E-state index in [9.17, 15) is 5.11 Å². The van der Waals surface area contributed by atoms with Crippen LogP contribution in [0.15, 0.2) is 48.5 Å². The van der Waals surface area contributed by atoms with Crippen molar-refractivity contribution < 1.29 is 5.11 Å². The van der Waals surface area contributed by atoms with E-state index in [4.69, 9.17) is 0 Å². The van der Waals surface area contributed by atoms with Gasteiger partial charge < -0.3 is 5.11 Å². The van der Waals surface area contributed by atoms with Gasteiger partial charge in [-0.1, -0.05) is 62.4 Å². The van der Waals surface area contributed by atoms with Crippen molar-refractivity contribution in [3.8, 4) is 0 Å². The number of aliphatic hydroxyl groups is 1. The van der Waals surface area contributed by atoms with E-state index in [-0.39, 0.29) is 6.10 Å². The highest BCUT2D eigenvalue weighted by atomic mass is 16.3. The number of aryl methyl sites for hydroxylation is 2. The third-order valence-electron chi connectivity index (χ3n) is 4.81. The molecule has 0 aliphatic heterocycles. The average molecular weight is 280 g/mol. The van der Waals surface area contributed by atoms with Crippen molar-refractivity contribution in [2.45, 2.75) is 45.1 Å². The molecular formula is C20H24O. The zero-order chi connectivity index (χ0) is 14.8. The molecule has 1 aliphatic rings. The van der Waals surface area contributed by atoms with Gasteiger partial charge in [0.1, 0.15) is 0 Å². The van der Waals surface area contributed by atoms with Crippen molar-refractivity contribution in [1.29, 1.82) is 0 Å². The second-order valence-electron chi connectivity index (χ2n) is 6.10. The van der Waals surface area contributed by atoms with Crippen LogP contribution >= 0.6 is 0 Å². The zero-order valence-corrected chi connectivity index (χ0v) is 12.9. The van der Waals surface area contributed by atoms with Crippen LogP contribution < -0.4 is 0 Å². The molecule has 0 saturated heterocycles. The number of aliphatic hydroxyl groups excluding tert-OH is 1. The summed E-state index contributed by atoms with van der Waals surface area (Å²) in [6.07, 6.45) is 2.88. The first-order valence-corrected chi connectivity index (χ1v) is 8.09. The van der Waals surface area contributed by atoms with E-state index < -0.39 is 0 Å². The molecule has 3 rings (SSSR count). The largest absolute Gasteiger partial charge is 0.388 e. The SMILES string of the molecule is CCc1ccc(C(O)C2CC2c2ccccc2)cc1CC. The maximum Gasteiger partial charge on any atom is 0.0824 e. The van der Waals surface area contributed by atoms with Crippen LogP contribution in [0, 0.1) is 5.92 Å². The molecule has 0 bridgehead atoms. The third-order valence-corrected chi connectivity index (χ3v) is 4.81. The Labute approximate surface area is 127 Å². The van der Waals surface area contributed by atoms with Crippen molar-refractivity contribution in [3.63, 3.8) is 0 Å². The summed E-state index contributed by atoms with van der Waals surface area (Å²) in [5, 5.41) is 10.7. The summed E-state index contributed by atoms with van der Waals surface area (Å²) in [5.74, 6) is 0.904. The van der Waals surface area contributed by atoms with Gasteiger partial charge in [-0.3, -0.25) is 0 Å². The maximum atomic E-state index is 10.7. The molecule has 3 atom stereocenters. The van der Waals surface area contributed by atoms with Crippen LogP contribution in [0.4, 0.5) is 0 Å². The minimum Gasteiger partial charge on any atom is -0.388 e. The summed E-state index contributed by atoms with van der Waals surface area (Å²) >= 11 is 0. The molecule has 1 saturated carbocycles. The van der Waals surface area contributed by atoms with Crippen molar-refractivity contribution in [2.24, 2.45) is 5.92 Å². The first-order chi connectivity index (χ1) is 10.2. The van der Waals surface area contributed by atoms with E-state index >= 15 is 0 Å². The summed E-state index contributed by atoms with van der Waals surface area (Å²) in [5.41, 5.74) is 5.24. The summed E-state index contributed by atoms with van der Waals surface area (Å²) in [6.45, 7) is 4.38. The van der Waals surface area contributed by atoms with Gasteiger partial charge in [-0.2, -0.15) is 0 Å². The fourth-order valence-corrected chi connectivity index (χ4v) is 3.40. The molecule has 0 amide bonds. The molecule has 0 aromatic heterocycles. The van der Waals surface area contributed by atoms with E-state index in [2.05, 4.69) is 56.3 Å². The van der Waals surface area contributed by atoms with E-state index in [1.54, 1.807) is 0 Å². The first-order valence-electron chi connectivity index (χ1n) is 8.09. The van der Waals surface area contributed by atoms with Crippen molar-refractivity contribution >= 4 is 0 Å². The first kappa shape index (κ1) is 14.3. The van der Waals surface area contributed by atoms with Gasteiger partial charge in [0.05, 0.1) is 6.10 Å². The summed E-state index contributed by atoms with van der Waals surface area (Å²) < 4.78 is 0. The Bertz CT molecular complexity index is 602. The minimum absolute atomic E-state index is 0.327. The molecule has 3 unspecified atom stereocenters. The maximum absolute atomic E-state index is 10.7. The smallest absolute Gasteiger partial charge is 0.0824 e. The van der Waals surface area contributed by atoms with Crippen LogP contribution in [0.5, 0.6) is 0 Å². The van der Waals surface area contributed by atoms with Crippen LogP contribution in [-0.2, 0) is 12.8 Å².